The van der Waals surface area contributed by atoms with E-state index in [1.807, 2.05) is 6.20 Å². The van der Waals surface area contributed by atoms with Crippen molar-refractivity contribution in [1.29, 1.82) is 0 Å². The van der Waals surface area contributed by atoms with E-state index in [1.165, 1.54) is 6.20 Å². The van der Waals surface area contributed by atoms with Crippen molar-refractivity contribution in [3.05, 3.63) is 29.7 Å². The van der Waals surface area contributed by atoms with E-state index < -0.39 is 18.7 Å². The number of alkyl halides is 1. The van der Waals surface area contributed by atoms with E-state index in [-0.39, 0.29) is 22.3 Å². The first-order valence-electron chi connectivity index (χ1n) is 8.47. The minimum Gasteiger partial charge on any atom is -0.487 e. The van der Waals surface area contributed by atoms with E-state index in [2.05, 4.69) is 6.92 Å². The third-order valence-corrected chi connectivity index (χ3v) is 5.42. The van der Waals surface area contributed by atoms with E-state index in [0.29, 0.717) is 12.3 Å². The number of rotatable bonds is 5. The summed E-state index contributed by atoms with van der Waals surface area (Å²) in [5.41, 5.74) is 1.33. The predicted molar refractivity (Wildman–Crippen MR) is 88.1 cm³/mol. The Kier molecular flexibility index (Phi) is 3.54. The van der Waals surface area contributed by atoms with E-state index in [0.717, 1.165) is 25.0 Å². The Balaban J connectivity index is 1.77. The van der Waals surface area contributed by atoms with Crippen LogP contribution in [0.4, 0.5) is 4.39 Å². The van der Waals surface area contributed by atoms with E-state index in [9.17, 15) is 14.3 Å². The van der Waals surface area contributed by atoms with Gasteiger partial charge in [0, 0.05) is 23.9 Å². The van der Waals surface area contributed by atoms with Gasteiger partial charge in [0.25, 0.3) is 0 Å². The third kappa shape index (κ3) is 2.57. The van der Waals surface area contributed by atoms with Gasteiger partial charge in [-0.25, -0.2) is 14.2 Å². The van der Waals surface area contributed by atoms with Crippen LogP contribution in [-0.4, -0.2) is 45.4 Å². The molecule has 1 N–H and O–H groups in total. The molecular weight excluding hydrogens is 327 g/mol. The molecule has 2 aromatic heterocycles. The van der Waals surface area contributed by atoms with E-state index >= 15 is 0 Å². The van der Waals surface area contributed by atoms with Gasteiger partial charge in [-0.2, -0.15) is 0 Å². The number of halogens is 1. The molecule has 0 aromatic carbocycles. The van der Waals surface area contributed by atoms with Crippen LogP contribution < -0.4 is 4.74 Å². The van der Waals surface area contributed by atoms with E-state index in [4.69, 9.17) is 14.5 Å². The number of aromatic nitrogens is 2. The van der Waals surface area contributed by atoms with Crippen LogP contribution in [0.25, 0.3) is 5.65 Å². The van der Waals surface area contributed by atoms with E-state index in [1.54, 1.807) is 17.4 Å². The van der Waals surface area contributed by atoms with Gasteiger partial charge in [-0.3, -0.25) is 0 Å². The normalized spacial score (nSPS) is 29.2. The summed E-state index contributed by atoms with van der Waals surface area (Å²) in [5, 5.41) is 9.44. The lowest BCUT2D eigenvalue weighted by Crippen LogP contribution is -2.26. The number of aromatic carboxylic acids is 1. The fourth-order valence-electron chi connectivity index (χ4n) is 4.03. The number of fused-ring (bicyclic) bond motifs is 3. The van der Waals surface area contributed by atoms with Gasteiger partial charge in [-0.05, 0) is 33.1 Å². The second-order valence-electron chi connectivity index (χ2n) is 7.53. The summed E-state index contributed by atoms with van der Waals surface area (Å²) in [6.07, 6.45) is 5.59. The number of carbonyl (C=O) groups is 1. The second-order valence-corrected chi connectivity index (χ2v) is 7.53. The van der Waals surface area contributed by atoms with Gasteiger partial charge >= 0.3 is 5.97 Å². The minimum atomic E-state index is -1.12. The van der Waals surface area contributed by atoms with Crippen molar-refractivity contribution in [3.8, 4) is 5.75 Å². The first kappa shape index (κ1) is 16.3. The summed E-state index contributed by atoms with van der Waals surface area (Å²) in [7, 11) is 0. The van der Waals surface area contributed by atoms with Gasteiger partial charge in [0.1, 0.15) is 29.7 Å². The monoisotopic (exact) mass is 348 g/mol. The van der Waals surface area contributed by atoms with Crippen LogP contribution in [0.3, 0.4) is 0 Å². The molecular formula is C18H21FN2O4. The van der Waals surface area contributed by atoms with Gasteiger partial charge in [-0.1, -0.05) is 0 Å². The molecule has 1 saturated carbocycles. The number of ether oxygens (including phenoxy) is 2. The molecule has 2 aliphatic rings. The number of imidazole rings is 1. The number of carboxylic acids is 1. The van der Waals surface area contributed by atoms with Crippen LogP contribution in [0.1, 0.15) is 49.2 Å². The quantitative estimate of drug-likeness (QED) is 0.899. The zero-order valence-electron chi connectivity index (χ0n) is 14.3. The zero-order chi connectivity index (χ0) is 17.8. The van der Waals surface area contributed by atoms with Gasteiger partial charge < -0.3 is 19.0 Å². The molecule has 25 heavy (non-hydrogen) atoms. The topological polar surface area (TPSA) is 73.1 Å². The van der Waals surface area contributed by atoms with Crippen molar-refractivity contribution < 1.29 is 23.8 Å². The number of hydrogen-bond acceptors (Lipinski definition) is 4. The molecule has 3 atom stereocenters. The van der Waals surface area contributed by atoms with Crippen molar-refractivity contribution >= 4 is 11.6 Å². The predicted octanol–water partition coefficient (Wildman–Crippen LogP) is 2.98. The van der Waals surface area contributed by atoms with Crippen molar-refractivity contribution in [2.24, 2.45) is 0 Å². The smallest absolute Gasteiger partial charge is 0.341 e. The first-order chi connectivity index (χ1) is 11.8. The van der Waals surface area contributed by atoms with Crippen LogP contribution >= 0.6 is 0 Å². The van der Waals surface area contributed by atoms with Crippen molar-refractivity contribution in [2.45, 2.75) is 50.2 Å². The number of hydrogen-bond donors (Lipinski definition) is 1. The molecule has 6 nitrogen and oxygen atoms in total. The summed E-state index contributed by atoms with van der Waals surface area (Å²) in [6.45, 7) is 3.63. The Bertz CT molecular complexity index is 839. The van der Waals surface area contributed by atoms with Crippen molar-refractivity contribution in [2.75, 3.05) is 13.3 Å². The Labute approximate surface area is 144 Å². The Hall–Kier alpha value is -2.15. The molecule has 3 heterocycles. The molecule has 7 heteroatoms. The highest BCUT2D eigenvalue weighted by atomic mass is 19.1. The summed E-state index contributed by atoms with van der Waals surface area (Å²) < 4.78 is 25.8. The average molecular weight is 348 g/mol. The zero-order valence-corrected chi connectivity index (χ0v) is 14.3. The highest BCUT2D eigenvalue weighted by Gasteiger charge is 2.55. The lowest BCUT2D eigenvalue weighted by molar-refractivity contribution is -0.00627. The molecule has 2 unspecified atom stereocenters. The van der Waals surface area contributed by atoms with Gasteiger partial charge in [0.15, 0.2) is 0 Å². The van der Waals surface area contributed by atoms with Gasteiger partial charge in [0.2, 0.25) is 0 Å². The molecule has 2 fully saturated rings. The second kappa shape index (κ2) is 5.42. The van der Waals surface area contributed by atoms with Crippen LogP contribution in [0.5, 0.6) is 5.75 Å². The summed E-state index contributed by atoms with van der Waals surface area (Å²) in [6, 6.07) is 1.57. The maximum absolute atomic E-state index is 12.8. The van der Waals surface area contributed by atoms with Crippen molar-refractivity contribution in [1.82, 2.24) is 9.38 Å². The van der Waals surface area contributed by atoms with Crippen LogP contribution in [-0.2, 0) is 10.2 Å². The largest absolute Gasteiger partial charge is 0.487 e. The third-order valence-electron chi connectivity index (χ3n) is 5.42. The SMILES string of the molecule is C[C@@H](CF)Oc1cc2nc(C34CCC(C)(C3)OC4)cn2cc1C(=O)O. The number of nitrogens with zero attached hydrogens (tertiary/aromatic N) is 2. The first-order valence-corrected chi connectivity index (χ1v) is 8.47. The maximum Gasteiger partial charge on any atom is 0.341 e. The highest BCUT2D eigenvalue weighted by molar-refractivity contribution is 5.91. The molecule has 0 radical (unpaired) electrons. The molecule has 1 aliphatic heterocycles. The molecule has 1 saturated heterocycles. The Morgan fingerprint density at radius 1 is 1.52 bits per heavy atom. The maximum atomic E-state index is 12.8. The number of pyridine rings is 1. The highest BCUT2D eigenvalue weighted by Crippen LogP contribution is 2.53. The van der Waals surface area contributed by atoms with Gasteiger partial charge in [0.05, 0.1) is 17.9 Å². The molecule has 1 aliphatic carbocycles. The Morgan fingerprint density at radius 3 is 2.88 bits per heavy atom. The van der Waals surface area contributed by atoms with Crippen LogP contribution in [0.15, 0.2) is 18.5 Å². The van der Waals surface area contributed by atoms with Crippen LogP contribution in [0, 0.1) is 0 Å². The molecule has 0 amide bonds. The lowest BCUT2D eigenvalue weighted by Gasteiger charge is -2.24. The molecule has 4 rings (SSSR count). The standard InChI is InChI=1S/C18H21FN2O4/c1-11(6-19)25-13-5-15-20-14(8-21(15)7-12(13)16(22)23)18-4-3-17(2,9-18)24-10-18/h5,7-8,11H,3-4,6,9-10H2,1-2H3,(H,22,23)/t11-,17?,18?/m0/s1. The van der Waals surface area contributed by atoms with Crippen molar-refractivity contribution in [3.63, 3.8) is 0 Å². The van der Waals surface area contributed by atoms with Crippen LogP contribution in [0.2, 0.25) is 0 Å². The minimum absolute atomic E-state index is 0.00631. The fraction of sp³-hybridized carbons (Fsp3) is 0.556. The molecule has 2 bridgehead atoms. The molecule has 134 valence electrons. The fourth-order valence-corrected chi connectivity index (χ4v) is 4.03. The lowest BCUT2D eigenvalue weighted by atomic mass is 9.84. The molecule has 0 spiro atoms. The summed E-state index contributed by atoms with van der Waals surface area (Å²) >= 11 is 0. The van der Waals surface area contributed by atoms with Gasteiger partial charge in [-0.15, -0.1) is 0 Å². The Morgan fingerprint density at radius 2 is 2.32 bits per heavy atom. The number of carboxylic acid groups (broad SMARTS) is 1. The average Bonchev–Trinajstić information content (AvgIpc) is 3.24. The summed E-state index contributed by atoms with van der Waals surface area (Å²) in [5.74, 6) is -0.979. The molecule has 2 aromatic rings. The summed E-state index contributed by atoms with van der Waals surface area (Å²) in [4.78, 5) is 16.2.